The van der Waals surface area contributed by atoms with Gasteiger partial charge >= 0.3 is 0 Å². The Balaban J connectivity index is 2.31. The molecular formula is C19H18N2O2. The summed E-state index contributed by atoms with van der Waals surface area (Å²) in [5.41, 5.74) is 7.74. The summed E-state index contributed by atoms with van der Waals surface area (Å²) in [5.74, 6) is -2.40. The summed E-state index contributed by atoms with van der Waals surface area (Å²) in [5, 5.41) is 9.29. The number of benzene rings is 2. The van der Waals surface area contributed by atoms with Crippen molar-refractivity contribution in [2.45, 2.75) is 19.3 Å². The van der Waals surface area contributed by atoms with Gasteiger partial charge in [-0.2, -0.15) is 5.26 Å². The maximum absolute atomic E-state index is 12.5. The first-order valence-corrected chi connectivity index (χ1v) is 7.36. The fourth-order valence-corrected chi connectivity index (χ4v) is 2.54. The SMILES string of the molecule is Cc1ccc(C(=O)C[C@H](c2ccccc2)[C@@H](C#N)C(N)=O)cc1. The van der Waals surface area contributed by atoms with Crippen LogP contribution in [0.25, 0.3) is 0 Å². The van der Waals surface area contributed by atoms with Crippen LogP contribution in [0.1, 0.15) is 33.8 Å². The van der Waals surface area contributed by atoms with Crippen LogP contribution in [0.3, 0.4) is 0 Å². The summed E-state index contributed by atoms with van der Waals surface area (Å²) in [6.45, 7) is 1.94. The second kappa shape index (κ2) is 7.37. The number of carbonyl (C=O) groups excluding carboxylic acids is 2. The fraction of sp³-hybridized carbons (Fsp3) is 0.211. The zero-order valence-corrected chi connectivity index (χ0v) is 12.9. The van der Waals surface area contributed by atoms with Gasteiger partial charge in [0.1, 0.15) is 5.92 Å². The Morgan fingerprint density at radius 3 is 2.22 bits per heavy atom. The van der Waals surface area contributed by atoms with Crippen LogP contribution < -0.4 is 5.73 Å². The van der Waals surface area contributed by atoms with Crippen LogP contribution >= 0.6 is 0 Å². The number of hydrogen-bond donors (Lipinski definition) is 1. The first kappa shape index (κ1) is 16.4. The van der Waals surface area contributed by atoms with E-state index in [4.69, 9.17) is 5.73 Å². The summed E-state index contributed by atoms with van der Waals surface area (Å²) in [7, 11) is 0. The van der Waals surface area contributed by atoms with Crippen molar-refractivity contribution in [1.29, 1.82) is 5.26 Å². The summed E-state index contributed by atoms with van der Waals surface area (Å²) in [6, 6.07) is 18.3. The molecule has 0 saturated carbocycles. The normalized spacial score (nSPS) is 12.9. The van der Waals surface area contributed by atoms with Gasteiger partial charge < -0.3 is 5.73 Å². The summed E-state index contributed by atoms with van der Waals surface area (Å²) in [4.78, 5) is 24.1. The molecule has 116 valence electrons. The molecule has 0 aliphatic rings. The monoisotopic (exact) mass is 306 g/mol. The van der Waals surface area contributed by atoms with Gasteiger partial charge in [0.25, 0.3) is 0 Å². The van der Waals surface area contributed by atoms with Gasteiger partial charge in [0, 0.05) is 17.9 Å². The summed E-state index contributed by atoms with van der Waals surface area (Å²) < 4.78 is 0. The Bertz CT molecular complexity index is 730. The third-order valence-electron chi connectivity index (χ3n) is 3.85. The molecule has 2 aromatic carbocycles. The molecule has 0 heterocycles. The van der Waals surface area contributed by atoms with E-state index in [1.165, 1.54) is 0 Å². The molecule has 0 fully saturated rings. The number of ketones is 1. The van der Waals surface area contributed by atoms with E-state index in [9.17, 15) is 14.9 Å². The molecule has 0 radical (unpaired) electrons. The number of hydrogen-bond acceptors (Lipinski definition) is 3. The lowest BCUT2D eigenvalue weighted by Gasteiger charge is -2.19. The lowest BCUT2D eigenvalue weighted by Crippen LogP contribution is -2.29. The highest BCUT2D eigenvalue weighted by Gasteiger charge is 2.30. The van der Waals surface area contributed by atoms with Crippen molar-refractivity contribution in [3.05, 3.63) is 71.3 Å². The minimum absolute atomic E-state index is 0.0637. The molecule has 0 bridgehead atoms. The highest BCUT2D eigenvalue weighted by Crippen LogP contribution is 2.29. The molecule has 0 aromatic heterocycles. The maximum Gasteiger partial charge on any atom is 0.235 e. The quantitative estimate of drug-likeness (QED) is 0.833. The van der Waals surface area contributed by atoms with Crippen molar-refractivity contribution in [1.82, 2.24) is 0 Å². The zero-order chi connectivity index (χ0) is 16.8. The van der Waals surface area contributed by atoms with E-state index in [0.717, 1.165) is 11.1 Å². The second-order valence-electron chi connectivity index (χ2n) is 5.52. The average molecular weight is 306 g/mol. The third kappa shape index (κ3) is 4.04. The molecule has 0 saturated heterocycles. The van der Waals surface area contributed by atoms with Gasteiger partial charge in [0.05, 0.1) is 6.07 Å². The van der Waals surface area contributed by atoms with Gasteiger partial charge in [-0.05, 0) is 12.5 Å². The Kier molecular flexibility index (Phi) is 5.27. The zero-order valence-electron chi connectivity index (χ0n) is 12.9. The van der Waals surface area contributed by atoms with E-state index in [-0.39, 0.29) is 12.2 Å². The third-order valence-corrected chi connectivity index (χ3v) is 3.85. The van der Waals surface area contributed by atoms with Crippen molar-refractivity contribution in [3.8, 4) is 6.07 Å². The van der Waals surface area contributed by atoms with E-state index >= 15 is 0 Å². The number of nitriles is 1. The molecule has 0 spiro atoms. The topological polar surface area (TPSA) is 83.9 Å². The molecule has 2 N–H and O–H groups in total. The van der Waals surface area contributed by atoms with Crippen LogP contribution in [0.4, 0.5) is 0 Å². The van der Waals surface area contributed by atoms with Gasteiger partial charge in [-0.1, -0.05) is 60.2 Å². The number of rotatable bonds is 6. The first-order valence-electron chi connectivity index (χ1n) is 7.36. The van der Waals surface area contributed by atoms with Gasteiger partial charge in [-0.3, -0.25) is 9.59 Å². The molecule has 2 atom stereocenters. The van der Waals surface area contributed by atoms with Crippen molar-refractivity contribution in [2.24, 2.45) is 11.7 Å². The number of nitrogens with two attached hydrogens (primary N) is 1. The van der Waals surface area contributed by atoms with Crippen LogP contribution in [0, 0.1) is 24.2 Å². The Morgan fingerprint density at radius 1 is 1.09 bits per heavy atom. The van der Waals surface area contributed by atoms with Gasteiger partial charge in [0.15, 0.2) is 5.78 Å². The van der Waals surface area contributed by atoms with Crippen molar-refractivity contribution in [3.63, 3.8) is 0 Å². The molecule has 4 nitrogen and oxygen atoms in total. The fourth-order valence-electron chi connectivity index (χ4n) is 2.54. The molecular weight excluding hydrogens is 288 g/mol. The van der Waals surface area contributed by atoms with Crippen molar-refractivity contribution in [2.75, 3.05) is 0 Å². The predicted molar refractivity (Wildman–Crippen MR) is 87.6 cm³/mol. The molecule has 23 heavy (non-hydrogen) atoms. The highest BCUT2D eigenvalue weighted by atomic mass is 16.1. The molecule has 0 unspecified atom stereocenters. The molecule has 0 aliphatic carbocycles. The number of aryl methyl sites for hydroxylation is 1. The number of Topliss-reactive ketones (excluding diaryl/α,β-unsaturated/α-hetero) is 1. The van der Waals surface area contributed by atoms with E-state index in [1.807, 2.05) is 43.3 Å². The summed E-state index contributed by atoms with van der Waals surface area (Å²) >= 11 is 0. The minimum atomic E-state index is -1.04. The van der Waals surface area contributed by atoms with Crippen LogP contribution in [-0.4, -0.2) is 11.7 Å². The number of primary amides is 1. The lowest BCUT2D eigenvalue weighted by molar-refractivity contribution is -0.120. The Morgan fingerprint density at radius 2 is 1.70 bits per heavy atom. The van der Waals surface area contributed by atoms with Crippen molar-refractivity contribution >= 4 is 11.7 Å². The van der Waals surface area contributed by atoms with E-state index in [2.05, 4.69) is 0 Å². The van der Waals surface area contributed by atoms with E-state index in [1.54, 1.807) is 24.3 Å². The smallest absolute Gasteiger partial charge is 0.235 e. The van der Waals surface area contributed by atoms with Crippen LogP contribution in [0.5, 0.6) is 0 Å². The number of carbonyl (C=O) groups is 2. The Hall–Kier alpha value is -2.93. The van der Waals surface area contributed by atoms with Crippen LogP contribution in [0.15, 0.2) is 54.6 Å². The molecule has 4 heteroatoms. The van der Waals surface area contributed by atoms with E-state index < -0.39 is 17.7 Å². The molecule has 2 aromatic rings. The first-order chi connectivity index (χ1) is 11.0. The highest BCUT2D eigenvalue weighted by molar-refractivity contribution is 5.97. The largest absolute Gasteiger partial charge is 0.369 e. The molecule has 0 aliphatic heterocycles. The van der Waals surface area contributed by atoms with Crippen molar-refractivity contribution < 1.29 is 9.59 Å². The predicted octanol–water partition coefficient (Wildman–Crippen LogP) is 2.98. The average Bonchev–Trinajstić information content (AvgIpc) is 2.55. The van der Waals surface area contributed by atoms with Gasteiger partial charge in [0.2, 0.25) is 5.91 Å². The summed E-state index contributed by atoms with van der Waals surface area (Å²) in [6.07, 6.45) is 0.0637. The number of amides is 1. The Labute approximate surface area is 135 Å². The minimum Gasteiger partial charge on any atom is -0.369 e. The van der Waals surface area contributed by atoms with Gasteiger partial charge in [-0.15, -0.1) is 0 Å². The van der Waals surface area contributed by atoms with Crippen LogP contribution in [0.2, 0.25) is 0 Å². The lowest BCUT2D eigenvalue weighted by atomic mass is 9.81. The standard InChI is InChI=1S/C19H18N2O2/c1-13-7-9-15(10-8-13)18(22)11-16(17(12-20)19(21)23)14-5-3-2-4-6-14/h2-10,16-17H,11H2,1H3,(H2,21,23)/t16-,17-/m1/s1. The van der Waals surface area contributed by atoms with E-state index in [0.29, 0.717) is 5.56 Å². The van der Waals surface area contributed by atoms with Gasteiger partial charge in [-0.25, -0.2) is 0 Å². The number of nitrogens with zero attached hydrogens (tertiary/aromatic N) is 1. The van der Waals surface area contributed by atoms with Crippen LogP contribution in [-0.2, 0) is 4.79 Å². The second-order valence-corrected chi connectivity index (χ2v) is 5.52. The maximum atomic E-state index is 12.5. The molecule has 1 amide bonds. The molecule has 2 rings (SSSR count).